The molecule has 4 rings (SSSR count). The van der Waals surface area contributed by atoms with Gasteiger partial charge in [0.15, 0.2) is 0 Å². The number of anilines is 1. The Morgan fingerprint density at radius 2 is 1.84 bits per heavy atom. The summed E-state index contributed by atoms with van der Waals surface area (Å²) in [5, 5.41) is 3.56. The third-order valence-electron chi connectivity index (χ3n) is 5.96. The van der Waals surface area contributed by atoms with Gasteiger partial charge in [0.25, 0.3) is 0 Å². The maximum atomic E-state index is 13.7. The molecule has 172 valence electrons. The van der Waals surface area contributed by atoms with Crippen LogP contribution >= 0.6 is 11.6 Å². The zero-order valence-corrected chi connectivity index (χ0v) is 19.4. The van der Waals surface area contributed by atoms with Gasteiger partial charge in [-0.25, -0.2) is 12.8 Å². The van der Waals surface area contributed by atoms with Crippen molar-refractivity contribution in [3.05, 3.63) is 58.9 Å². The summed E-state index contributed by atoms with van der Waals surface area (Å²) in [5.41, 5.74) is 1.44. The molecule has 1 atom stereocenters. The molecular weight excluding hydrogens is 455 g/mol. The summed E-state index contributed by atoms with van der Waals surface area (Å²) in [4.78, 5) is 17.3. The highest BCUT2D eigenvalue weighted by Gasteiger charge is 2.40. The smallest absolute Gasteiger partial charge is 0.246 e. The van der Waals surface area contributed by atoms with Crippen LogP contribution in [0.2, 0.25) is 5.02 Å². The lowest BCUT2D eigenvalue weighted by atomic mass is 10.1. The lowest BCUT2D eigenvalue weighted by Crippen LogP contribution is -2.62. The molecular formula is C22H26ClFN4O3S. The number of sulfonamides is 1. The van der Waals surface area contributed by atoms with E-state index in [0.717, 1.165) is 5.69 Å². The molecule has 10 heteroatoms. The summed E-state index contributed by atoms with van der Waals surface area (Å²) in [6.45, 7) is 4.83. The van der Waals surface area contributed by atoms with Crippen LogP contribution in [0.3, 0.4) is 0 Å². The average Bonchev–Trinajstić information content (AvgIpc) is 2.79. The highest BCUT2D eigenvalue weighted by Crippen LogP contribution is 2.29. The first-order valence-corrected chi connectivity index (χ1v) is 12.4. The van der Waals surface area contributed by atoms with Crippen LogP contribution in [-0.4, -0.2) is 75.4 Å². The van der Waals surface area contributed by atoms with Gasteiger partial charge in [-0.2, -0.15) is 4.31 Å². The van der Waals surface area contributed by atoms with Crippen LogP contribution in [-0.2, 0) is 14.8 Å². The van der Waals surface area contributed by atoms with Crippen LogP contribution in [0.4, 0.5) is 10.1 Å². The molecule has 2 aliphatic rings. The largest absolute Gasteiger partial charge is 0.357 e. The van der Waals surface area contributed by atoms with Crippen molar-refractivity contribution in [1.29, 1.82) is 0 Å². The van der Waals surface area contributed by atoms with E-state index in [2.05, 4.69) is 5.32 Å². The molecule has 2 aromatic carbocycles. The second-order valence-corrected chi connectivity index (χ2v) is 10.4. The summed E-state index contributed by atoms with van der Waals surface area (Å²) in [7, 11) is -3.83. The molecule has 2 aromatic rings. The molecule has 0 aliphatic carbocycles. The molecule has 2 aliphatic heterocycles. The number of amides is 1. The minimum absolute atomic E-state index is 0.00836. The first-order chi connectivity index (χ1) is 15.3. The van der Waals surface area contributed by atoms with Gasteiger partial charge in [-0.3, -0.25) is 4.79 Å². The summed E-state index contributed by atoms with van der Waals surface area (Å²) in [6, 6.07) is 9.87. The van der Waals surface area contributed by atoms with Gasteiger partial charge in [0.2, 0.25) is 15.9 Å². The van der Waals surface area contributed by atoms with Crippen LogP contribution in [0.25, 0.3) is 0 Å². The number of carbonyl (C=O) groups excluding carboxylic acids is 1. The van der Waals surface area contributed by atoms with Gasteiger partial charge in [-0.05, 0) is 48.9 Å². The summed E-state index contributed by atoms with van der Waals surface area (Å²) in [6.07, 6.45) is 0. The lowest BCUT2D eigenvalue weighted by Gasteiger charge is -2.44. The van der Waals surface area contributed by atoms with Gasteiger partial charge in [-0.1, -0.05) is 17.7 Å². The highest BCUT2D eigenvalue weighted by atomic mass is 35.5. The number of nitrogens with zero attached hydrogens (tertiary/aromatic N) is 3. The number of halogens is 2. The molecule has 2 fully saturated rings. The molecule has 1 amide bonds. The Morgan fingerprint density at radius 1 is 1.09 bits per heavy atom. The van der Waals surface area contributed by atoms with Crippen LogP contribution in [0.1, 0.15) is 5.56 Å². The van der Waals surface area contributed by atoms with Crippen molar-refractivity contribution >= 4 is 33.2 Å². The lowest BCUT2D eigenvalue weighted by molar-refractivity contribution is -0.133. The predicted octanol–water partition coefficient (Wildman–Crippen LogP) is 2.10. The van der Waals surface area contributed by atoms with E-state index in [1.54, 1.807) is 30.0 Å². The number of hydrogen-bond acceptors (Lipinski definition) is 5. The number of aryl methyl sites for hydroxylation is 1. The van der Waals surface area contributed by atoms with Crippen molar-refractivity contribution in [3.8, 4) is 0 Å². The molecule has 1 N–H and O–H groups in total. The highest BCUT2D eigenvalue weighted by molar-refractivity contribution is 7.89. The third kappa shape index (κ3) is 4.61. The Hall–Kier alpha value is -2.20. The van der Waals surface area contributed by atoms with Gasteiger partial charge in [0.05, 0.1) is 4.90 Å². The monoisotopic (exact) mass is 480 g/mol. The average molecular weight is 481 g/mol. The topological polar surface area (TPSA) is 73.0 Å². The molecule has 0 radical (unpaired) electrons. The van der Waals surface area contributed by atoms with E-state index >= 15 is 0 Å². The van der Waals surface area contributed by atoms with Gasteiger partial charge in [0.1, 0.15) is 11.9 Å². The molecule has 32 heavy (non-hydrogen) atoms. The minimum atomic E-state index is -3.83. The Morgan fingerprint density at radius 3 is 2.53 bits per heavy atom. The zero-order chi connectivity index (χ0) is 22.9. The molecule has 0 aromatic heterocycles. The van der Waals surface area contributed by atoms with Gasteiger partial charge in [0, 0.05) is 56.5 Å². The molecule has 2 heterocycles. The molecule has 2 saturated heterocycles. The fourth-order valence-electron chi connectivity index (χ4n) is 4.29. The van der Waals surface area contributed by atoms with E-state index in [1.165, 1.54) is 28.6 Å². The summed E-state index contributed by atoms with van der Waals surface area (Å²) < 4.78 is 41.7. The second kappa shape index (κ2) is 9.35. The van der Waals surface area contributed by atoms with Crippen molar-refractivity contribution in [2.24, 2.45) is 0 Å². The summed E-state index contributed by atoms with van der Waals surface area (Å²) >= 11 is 6.02. The number of nitrogens with one attached hydrogen (secondary N) is 1. The maximum absolute atomic E-state index is 13.7. The van der Waals surface area contributed by atoms with Crippen molar-refractivity contribution in [1.82, 2.24) is 14.5 Å². The van der Waals surface area contributed by atoms with E-state index in [4.69, 9.17) is 11.6 Å². The van der Waals surface area contributed by atoms with Crippen molar-refractivity contribution in [2.75, 3.05) is 50.7 Å². The number of carbonyl (C=O) groups is 1. The first kappa shape index (κ1) is 23.0. The van der Waals surface area contributed by atoms with Crippen molar-refractivity contribution in [2.45, 2.75) is 17.9 Å². The van der Waals surface area contributed by atoms with E-state index in [1.807, 2.05) is 4.90 Å². The predicted molar refractivity (Wildman–Crippen MR) is 122 cm³/mol. The maximum Gasteiger partial charge on any atom is 0.246 e. The Kier molecular flexibility index (Phi) is 6.71. The zero-order valence-electron chi connectivity index (χ0n) is 17.8. The standard InChI is InChI=1S/C22H26ClFN4O3S/c1-16-13-18(24)5-6-20(16)28-12-11-27(32(30,31)19-4-2-3-17(23)14-19)15-21(28)22(29)26-9-7-25-8-10-26/h2-6,13-14,21,25H,7-12,15H2,1H3. The Balaban J connectivity index is 1.67. The quantitative estimate of drug-likeness (QED) is 0.725. The Bertz CT molecular complexity index is 1110. The SMILES string of the molecule is Cc1cc(F)ccc1N1CCN(S(=O)(=O)c2cccc(Cl)c2)CC1C(=O)N1CCNCC1. The number of benzene rings is 2. The Labute approximate surface area is 192 Å². The number of rotatable bonds is 4. The minimum Gasteiger partial charge on any atom is -0.357 e. The van der Waals surface area contributed by atoms with Crippen LogP contribution in [0.5, 0.6) is 0 Å². The van der Waals surface area contributed by atoms with Gasteiger partial charge < -0.3 is 15.1 Å². The van der Waals surface area contributed by atoms with E-state index in [0.29, 0.717) is 43.3 Å². The molecule has 0 saturated carbocycles. The van der Waals surface area contributed by atoms with Crippen LogP contribution < -0.4 is 10.2 Å². The molecule has 0 bridgehead atoms. The van der Waals surface area contributed by atoms with E-state index in [9.17, 15) is 17.6 Å². The fourth-order valence-corrected chi connectivity index (χ4v) is 6.03. The summed E-state index contributed by atoms with van der Waals surface area (Å²) in [5.74, 6) is -0.473. The van der Waals surface area contributed by atoms with Crippen LogP contribution in [0, 0.1) is 12.7 Å². The van der Waals surface area contributed by atoms with Gasteiger partial charge >= 0.3 is 0 Å². The normalized spacial score (nSPS) is 20.4. The van der Waals surface area contributed by atoms with Crippen molar-refractivity contribution in [3.63, 3.8) is 0 Å². The van der Waals surface area contributed by atoms with E-state index < -0.39 is 16.1 Å². The molecule has 7 nitrogen and oxygen atoms in total. The molecule has 0 spiro atoms. The molecule has 1 unspecified atom stereocenters. The van der Waals surface area contributed by atoms with E-state index in [-0.39, 0.29) is 29.7 Å². The van der Waals surface area contributed by atoms with Gasteiger partial charge in [-0.15, -0.1) is 0 Å². The second-order valence-electron chi connectivity index (χ2n) is 8.04. The third-order valence-corrected chi connectivity index (χ3v) is 8.06. The number of piperazine rings is 2. The fraction of sp³-hybridized carbons (Fsp3) is 0.409. The van der Waals surface area contributed by atoms with Crippen LogP contribution in [0.15, 0.2) is 47.4 Å². The number of hydrogen-bond donors (Lipinski definition) is 1. The van der Waals surface area contributed by atoms with Crippen molar-refractivity contribution < 1.29 is 17.6 Å². The first-order valence-electron chi connectivity index (χ1n) is 10.6.